The van der Waals surface area contributed by atoms with Crippen LogP contribution in [0, 0.1) is 17.2 Å². The van der Waals surface area contributed by atoms with Crippen LogP contribution in [0.25, 0.3) is 0 Å². The lowest BCUT2D eigenvalue weighted by Crippen LogP contribution is -2.35. The maximum absolute atomic E-state index is 12.9. The SMILES string of the molecule is N#CC1(NC(=O)c2cc(NC(=O)[C@H]3[C@H](c4cc(Cl)cc(Cl)c4)C3(Cl)Br)ccc2Cl)CC1. The van der Waals surface area contributed by atoms with Gasteiger partial charge in [0.15, 0.2) is 0 Å². The second-order valence-electron chi connectivity index (χ2n) is 7.66. The summed E-state index contributed by atoms with van der Waals surface area (Å²) in [6.07, 6.45) is 1.20. The van der Waals surface area contributed by atoms with E-state index in [1.54, 1.807) is 24.3 Å². The second kappa shape index (κ2) is 8.13. The summed E-state index contributed by atoms with van der Waals surface area (Å²) < 4.78 is -0.983. The van der Waals surface area contributed by atoms with E-state index in [9.17, 15) is 14.9 Å². The number of carbonyl (C=O) groups is 2. The minimum absolute atomic E-state index is 0.172. The van der Waals surface area contributed by atoms with Gasteiger partial charge in [-0.2, -0.15) is 5.26 Å². The summed E-state index contributed by atoms with van der Waals surface area (Å²) >= 11 is 28.3. The first-order chi connectivity index (χ1) is 14.6. The fourth-order valence-electron chi connectivity index (χ4n) is 3.49. The number of nitrogens with zero attached hydrogens (tertiary/aromatic N) is 1. The molecule has 2 saturated carbocycles. The van der Waals surface area contributed by atoms with Crippen molar-refractivity contribution in [3.05, 3.63) is 62.6 Å². The van der Waals surface area contributed by atoms with Gasteiger partial charge >= 0.3 is 0 Å². The molecule has 0 bridgehead atoms. The average molecular weight is 562 g/mol. The predicted octanol–water partition coefficient (Wildman–Crippen LogP) is 6.11. The largest absolute Gasteiger partial charge is 0.334 e. The van der Waals surface area contributed by atoms with Gasteiger partial charge < -0.3 is 10.6 Å². The fraction of sp³-hybridized carbons (Fsp3) is 0.286. The van der Waals surface area contributed by atoms with Crippen LogP contribution in [0.2, 0.25) is 15.1 Å². The zero-order valence-electron chi connectivity index (χ0n) is 15.7. The van der Waals surface area contributed by atoms with Crippen LogP contribution in [-0.4, -0.2) is 21.1 Å². The van der Waals surface area contributed by atoms with E-state index < -0.39 is 21.1 Å². The van der Waals surface area contributed by atoms with Gasteiger partial charge in [0.2, 0.25) is 5.91 Å². The highest BCUT2D eigenvalue weighted by Crippen LogP contribution is 2.66. The monoisotopic (exact) mass is 559 g/mol. The van der Waals surface area contributed by atoms with Crippen LogP contribution >= 0.6 is 62.3 Å². The lowest BCUT2D eigenvalue weighted by atomic mass is 10.1. The molecule has 0 heterocycles. The first kappa shape index (κ1) is 22.7. The fourth-order valence-corrected chi connectivity index (χ4v) is 5.52. The van der Waals surface area contributed by atoms with Crippen LogP contribution in [0.4, 0.5) is 5.69 Å². The molecule has 31 heavy (non-hydrogen) atoms. The van der Waals surface area contributed by atoms with Crippen molar-refractivity contribution >= 4 is 79.8 Å². The standard InChI is InChI=1S/C21H14BrCl4N3O2/c22-21(26)16(10-5-11(23)7-12(24)6-10)17(21)19(31)28-13-1-2-15(25)14(8-13)18(30)29-20(9-27)3-4-20/h1-2,5-8,16-17H,3-4H2,(H,28,31)(H,29,30)/t16-,17+,21?/m0/s1. The number of hydrogen-bond acceptors (Lipinski definition) is 3. The number of amides is 2. The Morgan fingerprint density at radius 2 is 1.74 bits per heavy atom. The number of alkyl halides is 2. The van der Waals surface area contributed by atoms with Gasteiger partial charge in [0.25, 0.3) is 5.91 Å². The van der Waals surface area contributed by atoms with E-state index in [-0.39, 0.29) is 22.4 Å². The first-order valence-corrected chi connectivity index (χ1v) is 11.5. The van der Waals surface area contributed by atoms with Gasteiger partial charge in [0.1, 0.15) is 9.32 Å². The van der Waals surface area contributed by atoms with Gasteiger partial charge in [-0.05, 0) is 54.8 Å². The molecule has 0 radical (unpaired) electrons. The van der Waals surface area contributed by atoms with E-state index in [4.69, 9.17) is 46.4 Å². The Labute approximate surface area is 207 Å². The number of halogens is 5. The van der Waals surface area contributed by atoms with E-state index in [0.29, 0.717) is 28.6 Å². The normalized spacial score (nSPS) is 25.3. The van der Waals surface area contributed by atoms with Crippen LogP contribution in [0.15, 0.2) is 36.4 Å². The lowest BCUT2D eigenvalue weighted by molar-refractivity contribution is -0.117. The summed E-state index contributed by atoms with van der Waals surface area (Å²) in [6.45, 7) is 0. The molecule has 5 nitrogen and oxygen atoms in total. The number of rotatable bonds is 5. The minimum Gasteiger partial charge on any atom is -0.334 e. The van der Waals surface area contributed by atoms with E-state index in [1.807, 2.05) is 0 Å². The molecule has 160 valence electrons. The maximum Gasteiger partial charge on any atom is 0.254 e. The number of carbonyl (C=O) groups excluding carboxylic acids is 2. The Bertz CT molecular complexity index is 1120. The first-order valence-electron chi connectivity index (χ1n) is 9.24. The molecular weight excluding hydrogens is 548 g/mol. The third-order valence-electron chi connectivity index (χ3n) is 5.38. The lowest BCUT2D eigenvalue weighted by Gasteiger charge is -2.12. The number of benzene rings is 2. The summed E-state index contributed by atoms with van der Waals surface area (Å²) in [7, 11) is 0. The van der Waals surface area contributed by atoms with Crippen LogP contribution in [0.3, 0.4) is 0 Å². The van der Waals surface area contributed by atoms with Crippen LogP contribution < -0.4 is 10.6 Å². The third-order valence-corrected chi connectivity index (χ3v) is 7.60. The van der Waals surface area contributed by atoms with Crippen LogP contribution in [0.1, 0.15) is 34.7 Å². The maximum atomic E-state index is 12.9. The summed E-state index contributed by atoms with van der Waals surface area (Å²) in [6, 6.07) is 11.7. The highest BCUT2D eigenvalue weighted by molar-refractivity contribution is 9.10. The van der Waals surface area contributed by atoms with Crippen LogP contribution in [0.5, 0.6) is 0 Å². The van der Waals surface area contributed by atoms with Gasteiger partial charge in [-0.3, -0.25) is 9.59 Å². The van der Waals surface area contributed by atoms with Crippen molar-refractivity contribution in [2.45, 2.75) is 28.1 Å². The van der Waals surface area contributed by atoms with E-state index in [0.717, 1.165) is 5.56 Å². The van der Waals surface area contributed by atoms with Crippen molar-refractivity contribution < 1.29 is 9.59 Å². The molecule has 0 aliphatic heterocycles. The molecular formula is C21H14BrCl4N3O2. The molecule has 1 unspecified atom stereocenters. The highest BCUT2D eigenvalue weighted by Gasteiger charge is 2.67. The number of hydrogen-bond donors (Lipinski definition) is 2. The average Bonchev–Trinajstić information content (AvgIpc) is 3.57. The molecule has 2 aromatic rings. The Morgan fingerprint density at radius 3 is 2.32 bits per heavy atom. The van der Waals surface area contributed by atoms with Crippen molar-refractivity contribution in [3.63, 3.8) is 0 Å². The molecule has 0 spiro atoms. The van der Waals surface area contributed by atoms with Gasteiger partial charge in [0.05, 0.1) is 22.6 Å². The summed E-state index contributed by atoms with van der Waals surface area (Å²) in [5.41, 5.74) is 0.474. The second-order valence-corrected chi connectivity index (χ2v) is 11.3. The van der Waals surface area contributed by atoms with Gasteiger partial charge in [-0.25, -0.2) is 0 Å². The van der Waals surface area contributed by atoms with Crippen molar-refractivity contribution in [1.29, 1.82) is 5.26 Å². The molecule has 0 saturated heterocycles. The highest BCUT2D eigenvalue weighted by atomic mass is 79.9. The van der Waals surface area contributed by atoms with E-state index in [1.165, 1.54) is 12.1 Å². The van der Waals surface area contributed by atoms with Gasteiger partial charge in [-0.15, -0.1) is 11.6 Å². The van der Waals surface area contributed by atoms with E-state index in [2.05, 4.69) is 32.6 Å². The molecule has 4 rings (SSSR count). The Kier molecular flexibility index (Phi) is 5.95. The Morgan fingerprint density at radius 1 is 1.10 bits per heavy atom. The molecule has 2 amide bonds. The van der Waals surface area contributed by atoms with Crippen LogP contribution in [-0.2, 0) is 4.79 Å². The third kappa shape index (κ3) is 4.53. The van der Waals surface area contributed by atoms with Crippen molar-refractivity contribution in [2.75, 3.05) is 5.32 Å². The summed E-state index contributed by atoms with van der Waals surface area (Å²) in [5.74, 6) is -1.74. The van der Waals surface area contributed by atoms with Crippen molar-refractivity contribution in [1.82, 2.24) is 5.32 Å². The molecule has 10 heteroatoms. The molecule has 2 fully saturated rings. The molecule has 3 atom stereocenters. The Hall–Kier alpha value is -1.49. The van der Waals surface area contributed by atoms with Crippen molar-refractivity contribution in [3.8, 4) is 6.07 Å². The summed E-state index contributed by atoms with van der Waals surface area (Å²) in [4.78, 5) is 25.5. The zero-order chi connectivity index (χ0) is 22.6. The molecule has 2 aliphatic rings. The minimum atomic E-state index is -0.983. The smallest absolute Gasteiger partial charge is 0.254 e. The van der Waals surface area contributed by atoms with Gasteiger partial charge in [0, 0.05) is 21.7 Å². The predicted molar refractivity (Wildman–Crippen MR) is 125 cm³/mol. The zero-order valence-corrected chi connectivity index (χ0v) is 20.3. The molecule has 0 aromatic heterocycles. The number of anilines is 1. The topological polar surface area (TPSA) is 82.0 Å². The molecule has 2 N–H and O–H groups in total. The quantitative estimate of drug-likeness (QED) is 0.432. The Balaban J connectivity index is 1.51. The van der Waals surface area contributed by atoms with E-state index >= 15 is 0 Å². The van der Waals surface area contributed by atoms with Crippen molar-refractivity contribution in [2.24, 2.45) is 5.92 Å². The number of nitrogens with one attached hydrogen (secondary N) is 2. The summed E-state index contributed by atoms with van der Waals surface area (Å²) in [5, 5.41) is 15.8. The molecule has 2 aliphatic carbocycles. The number of nitriles is 1. The molecule has 2 aromatic carbocycles. The van der Waals surface area contributed by atoms with Gasteiger partial charge in [-0.1, -0.05) is 50.7 Å².